The number of fused-ring (bicyclic) bond motifs is 4. The molecule has 4 aliphatic rings. The molecule has 0 saturated heterocycles. The fourth-order valence-electron chi connectivity index (χ4n) is 7.00. The van der Waals surface area contributed by atoms with E-state index in [0.717, 1.165) is 51.1 Å². The highest BCUT2D eigenvalue weighted by molar-refractivity contribution is 5.84. The second-order valence-corrected chi connectivity index (χ2v) is 10.5. The highest BCUT2D eigenvalue weighted by Crippen LogP contribution is 2.52. The van der Waals surface area contributed by atoms with Crippen molar-refractivity contribution in [3.8, 4) is 0 Å². The highest BCUT2D eigenvalue weighted by atomic mass is 16.2. The molecule has 4 aliphatic carbocycles. The third kappa shape index (κ3) is 4.22. The van der Waals surface area contributed by atoms with Crippen molar-refractivity contribution in [2.24, 2.45) is 53.3 Å². The highest BCUT2D eigenvalue weighted by Gasteiger charge is 2.51. The zero-order valence-electron chi connectivity index (χ0n) is 18.7. The first-order valence-electron chi connectivity index (χ1n) is 12.1. The molecule has 0 spiro atoms. The fraction of sp³-hybridized carbons (Fsp3) is 0.760. The Hall–Kier alpha value is -1.98. The number of hydrogen-bond acceptors (Lipinski definition) is 4. The number of nitrogens with one attached hydrogen (secondary N) is 1. The Morgan fingerprint density at radius 2 is 1.74 bits per heavy atom. The molecule has 3 fully saturated rings. The van der Waals surface area contributed by atoms with E-state index in [1.165, 1.54) is 0 Å². The van der Waals surface area contributed by atoms with Gasteiger partial charge in [-0.2, -0.15) is 0 Å². The molecular formula is C25H36N2O4. The average Bonchev–Trinajstić information content (AvgIpc) is 3.55. The summed E-state index contributed by atoms with van der Waals surface area (Å²) in [5, 5.41) is 3.03. The molecule has 0 aromatic heterocycles. The van der Waals surface area contributed by atoms with E-state index >= 15 is 0 Å². The van der Waals surface area contributed by atoms with E-state index in [0.29, 0.717) is 30.8 Å². The summed E-state index contributed by atoms with van der Waals surface area (Å²) in [6, 6.07) is 0. The molecule has 6 heteroatoms. The summed E-state index contributed by atoms with van der Waals surface area (Å²) in [6.45, 7) is 3.41. The van der Waals surface area contributed by atoms with Crippen molar-refractivity contribution in [1.29, 1.82) is 0 Å². The minimum Gasteiger partial charge on any atom is -0.356 e. The molecule has 9 atom stereocenters. The third-order valence-corrected chi connectivity index (χ3v) is 8.54. The standard InChI is InChI=1S/C25H36N2O4/c1-15(12-27(2)25(31)23-19-8-6-17(11-19)21(23)14-29)4-3-9-26-24(30)22-18-7-5-16(10-18)20(22)13-28/h5,7,13-23H,3-4,6,8-12H2,1-2H3,(H,26,30). The van der Waals surface area contributed by atoms with Crippen molar-refractivity contribution >= 4 is 24.4 Å². The van der Waals surface area contributed by atoms with Gasteiger partial charge in [-0.05, 0) is 68.1 Å². The smallest absolute Gasteiger partial charge is 0.226 e. The van der Waals surface area contributed by atoms with E-state index in [-0.39, 0.29) is 47.3 Å². The minimum absolute atomic E-state index is 0.00471. The van der Waals surface area contributed by atoms with Gasteiger partial charge >= 0.3 is 0 Å². The Kier molecular flexibility index (Phi) is 6.63. The largest absolute Gasteiger partial charge is 0.356 e. The lowest BCUT2D eigenvalue weighted by atomic mass is 9.79. The topological polar surface area (TPSA) is 83.6 Å². The number of allylic oxidation sites excluding steroid dienone is 2. The molecule has 0 heterocycles. The number of amides is 2. The second kappa shape index (κ2) is 9.25. The Morgan fingerprint density at radius 3 is 2.48 bits per heavy atom. The fourth-order valence-corrected chi connectivity index (χ4v) is 7.00. The van der Waals surface area contributed by atoms with E-state index in [1.807, 2.05) is 11.9 Å². The van der Waals surface area contributed by atoms with Gasteiger partial charge in [0.2, 0.25) is 11.8 Å². The summed E-state index contributed by atoms with van der Waals surface area (Å²) in [5.41, 5.74) is 0. The lowest BCUT2D eigenvalue weighted by molar-refractivity contribution is -0.140. The summed E-state index contributed by atoms with van der Waals surface area (Å²) in [5.74, 6) is 1.12. The Morgan fingerprint density at radius 1 is 1.03 bits per heavy atom. The molecule has 31 heavy (non-hydrogen) atoms. The summed E-state index contributed by atoms with van der Waals surface area (Å²) < 4.78 is 0. The van der Waals surface area contributed by atoms with Gasteiger partial charge in [0.1, 0.15) is 12.6 Å². The number of hydrogen-bond donors (Lipinski definition) is 1. The normalized spacial score (nSPS) is 38.3. The van der Waals surface area contributed by atoms with Gasteiger partial charge in [-0.25, -0.2) is 0 Å². The van der Waals surface area contributed by atoms with Crippen LogP contribution in [-0.2, 0) is 19.2 Å². The van der Waals surface area contributed by atoms with Gasteiger partial charge in [0.15, 0.2) is 0 Å². The van der Waals surface area contributed by atoms with Crippen LogP contribution in [0.1, 0.15) is 45.4 Å². The van der Waals surface area contributed by atoms with E-state index in [1.54, 1.807) is 0 Å². The lowest BCUT2D eigenvalue weighted by Gasteiger charge is -2.31. The first kappa shape index (κ1) is 22.2. The molecule has 1 N–H and O–H groups in total. The Balaban J connectivity index is 1.17. The third-order valence-electron chi connectivity index (χ3n) is 8.54. The Bertz CT molecular complexity index is 750. The van der Waals surface area contributed by atoms with Crippen molar-refractivity contribution < 1.29 is 19.2 Å². The monoisotopic (exact) mass is 428 g/mol. The molecule has 0 radical (unpaired) electrons. The predicted octanol–water partition coefficient (Wildman–Crippen LogP) is 2.48. The molecule has 170 valence electrons. The first-order valence-corrected chi connectivity index (χ1v) is 12.1. The molecule has 4 bridgehead atoms. The van der Waals surface area contributed by atoms with Gasteiger partial charge in [0.05, 0.1) is 11.8 Å². The molecule has 0 aliphatic heterocycles. The molecule has 0 aromatic carbocycles. The number of carbonyl (C=O) groups is 4. The van der Waals surface area contributed by atoms with Gasteiger partial charge in [-0.1, -0.05) is 19.1 Å². The van der Waals surface area contributed by atoms with E-state index in [2.05, 4.69) is 24.4 Å². The van der Waals surface area contributed by atoms with Crippen LogP contribution in [0.15, 0.2) is 12.2 Å². The molecule has 0 aromatic rings. The number of nitrogens with zero attached hydrogens (tertiary/aromatic N) is 1. The maximum Gasteiger partial charge on any atom is 0.226 e. The van der Waals surface area contributed by atoms with Crippen molar-refractivity contribution in [2.45, 2.75) is 45.4 Å². The van der Waals surface area contributed by atoms with Gasteiger partial charge in [0.25, 0.3) is 0 Å². The zero-order valence-corrected chi connectivity index (χ0v) is 18.7. The lowest BCUT2D eigenvalue weighted by Crippen LogP contribution is -2.41. The van der Waals surface area contributed by atoms with Crippen LogP contribution in [0.5, 0.6) is 0 Å². The molecule has 3 saturated carbocycles. The maximum atomic E-state index is 13.0. The molecular weight excluding hydrogens is 392 g/mol. The predicted molar refractivity (Wildman–Crippen MR) is 117 cm³/mol. The average molecular weight is 429 g/mol. The van der Waals surface area contributed by atoms with Crippen LogP contribution in [-0.4, -0.2) is 49.4 Å². The Labute approximate surface area is 185 Å². The van der Waals surface area contributed by atoms with Crippen LogP contribution in [0.4, 0.5) is 0 Å². The quantitative estimate of drug-likeness (QED) is 0.329. The van der Waals surface area contributed by atoms with Crippen LogP contribution in [0.2, 0.25) is 0 Å². The van der Waals surface area contributed by atoms with Crippen LogP contribution in [0, 0.1) is 53.3 Å². The van der Waals surface area contributed by atoms with Crippen molar-refractivity contribution in [2.75, 3.05) is 20.1 Å². The molecule has 9 unspecified atom stereocenters. The molecule has 6 nitrogen and oxygen atoms in total. The zero-order chi connectivity index (χ0) is 22.1. The number of rotatable bonds is 10. The van der Waals surface area contributed by atoms with Crippen molar-refractivity contribution in [3.63, 3.8) is 0 Å². The van der Waals surface area contributed by atoms with Crippen molar-refractivity contribution in [3.05, 3.63) is 12.2 Å². The van der Waals surface area contributed by atoms with Gasteiger partial charge in [-0.15, -0.1) is 0 Å². The summed E-state index contributed by atoms with van der Waals surface area (Å²) >= 11 is 0. The summed E-state index contributed by atoms with van der Waals surface area (Å²) in [7, 11) is 1.86. The van der Waals surface area contributed by atoms with Gasteiger partial charge < -0.3 is 19.8 Å². The van der Waals surface area contributed by atoms with Crippen molar-refractivity contribution in [1.82, 2.24) is 10.2 Å². The summed E-state index contributed by atoms with van der Waals surface area (Å²) in [6.07, 6.45) is 12.1. The van der Waals surface area contributed by atoms with E-state index in [9.17, 15) is 19.2 Å². The van der Waals surface area contributed by atoms with Crippen LogP contribution in [0.3, 0.4) is 0 Å². The maximum absolute atomic E-state index is 13.0. The van der Waals surface area contributed by atoms with E-state index in [4.69, 9.17) is 0 Å². The van der Waals surface area contributed by atoms with Gasteiger partial charge in [-0.3, -0.25) is 9.59 Å². The van der Waals surface area contributed by atoms with Gasteiger partial charge in [0, 0.05) is 32.0 Å². The summed E-state index contributed by atoms with van der Waals surface area (Å²) in [4.78, 5) is 50.4. The molecule has 2 amide bonds. The van der Waals surface area contributed by atoms with Crippen LogP contribution in [0.25, 0.3) is 0 Å². The van der Waals surface area contributed by atoms with Crippen LogP contribution >= 0.6 is 0 Å². The second-order valence-electron chi connectivity index (χ2n) is 10.5. The van der Waals surface area contributed by atoms with Crippen LogP contribution < -0.4 is 5.32 Å². The minimum atomic E-state index is -0.207. The molecule has 4 rings (SSSR count). The first-order chi connectivity index (χ1) is 14.9. The SMILES string of the molecule is CC(CCCNC(=O)C1C2C=CC(C2)C1C=O)CN(C)C(=O)C1C2CCC(C2)C1C=O. The number of aldehydes is 2. The number of carbonyl (C=O) groups excluding carboxylic acids is 4. The van der Waals surface area contributed by atoms with E-state index < -0.39 is 0 Å².